The number of nitrogens with zero attached hydrogens (tertiary/aromatic N) is 2. The summed E-state index contributed by atoms with van der Waals surface area (Å²) >= 11 is 3.14. The summed E-state index contributed by atoms with van der Waals surface area (Å²) in [6.45, 7) is 0. The van der Waals surface area contributed by atoms with Gasteiger partial charge >= 0.3 is 5.97 Å². The van der Waals surface area contributed by atoms with Crippen LogP contribution in [0.25, 0.3) is 6.08 Å². The Morgan fingerprint density at radius 3 is 1.93 bits per heavy atom. The van der Waals surface area contributed by atoms with E-state index in [1.807, 2.05) is 79.7 Å². The molecule has 3 aromatic carbocycles. The van der Waals surface area contributed by atoms with E-state index in [1.165, 1.54) is 13.2 Å². The predicted molar refractivity (Wildman–Crippen MR) is 170 cm³/mol. The van der Waals surface area contributed by atoms with Gasteiger partial charge < -0.3 is 15.0 Å². The quantitative estimate of drug-likeness (QED) is 0.0932. The predicted octanol–water partition coefficient (Wildman–Crippen LogP) is 6.16. The molecule has 41 heavy (non-hydrogen) atoms. The molecule has 0 bridgehead atoms. The minimum Gasteiger partial charge on any atom is -0.467 e. The number of rotatable bonds is 12. The average Bonchev–Trinajstić information content (AvgIpc) is 3.50. The molecule has 8 heteroatoms. The van der Waals surface area contributed by atoms with Crippen LogP contribution in [-0.4, -0.2) is 49.9 Å². The zero-order valence-electron chi connectivity index (χ0n) is 23.3. The third-order valence-corrected chi connectivity index (χ3v) is 9.13. The molecule has 0 aliphatic rings. The number of methoxy groups -OCH3 is 1. The molecule has 6 nitrogen and oxygen atoms in total. The minimum atomic E-state index is -0.858. The number of ether oxygens (including phenoxy) is 1. The highest BCUT2D eigenvalue weighted by molar-refractivity contribution is 8.00. The molecule has 1 amide bonds. The first-order valence-electron chi connectivity index (χ1n) is 13.1. The van der Waals surface area contributed by atoms with Gasteiger partial charge in [0.2, 0.25) is 5.91 Å². The number of anilines is 1. The van der Waals surface area contributed by atoms with Crippen LogP contribution in [0.4, 0.5) is 5.00 Å². The second-order valence-corrected chi connectivity index (χ2v) is 11.6. The van der Waals surface area contributed by atoms with Gasteiger partial charge in [-0.05, 0) is 22.8 Å². The fourth-order valence-electron chi connectivity index (χ4n) is 4.35. The molecule has 4 aromatic rings. The number of carbonyl (C=O) groups is 2. The van der Waals surface area contributed by atoms with Crippen molar-refractivity contribution in [1.82, 2.24) is 10.3 Å². The summed E-state index contributed by atoms with van der Waals surface area (Å²) < 4.78 is 4.46. The number of carbonyl (C=O) groups excluding carboxylic acids is 2. The number of nitrogens with one attached hydrogen (secondary N) is 1. The van der Waals surface area contributed by atoms with Gasteiger partial charge in [0.25, 0.3) is 0 Å². The van der Waals surface area contributed by atoms with Gasteiger partial charge in [0.1, 0.15) is 16.1 Å². The summed E-state index contributed by atoms with van der Waals surface area (Å²) in [6, 6.07) is 29.8. The molecule has 1 heterocycles. The van der Waals surface area contributed by atoms with E-state index in [4.69, 9.17) is 4.74 Å². The van der Waals surface area contributed by atoms with E-state index in [-0.39, 0.29) is 11.7 Å². The lowest BCUT2D eigenvalue weighted by atomic mass is 9.84. The molecule has 1 unspecified atom stereocenters. The van der Waals surface area contributed by atoms with Crippen LogP contribution < -0.4 is 10.2 Å². The summed E-state index contributed by atoms with van der Waals surface area (Å²) in [7, 11) is 5.26. The van der Waals surface area contributed by atoms with Crippen molar-refractivity contribution in [3.05, 3.63) is 137 Å². The van der Waals surface area contributed by atoms with Crippen molar-refractivity contribution in [1.29, 1.82) is 0 Å². The molecule has 1 N–H and O–H groups in total. The standard InChI is InChI=1S/C33H33N3O3S2/c1-36(2)31-23-34-30(41-31)22-14-13-21-29(37)35-28(32(38)39-3)24-40-33(25-15-7-4-8-16-25,26-17-9-5-10-18-26)27-19-11-6-12-20-27/h4-23,28H,24H2,1-3H3,(H,35,37)/b21-13+,22-14+. The van der Waals surface area contributed by atoms with E-state index in [9.17, 15) is 9.59 Å². The molecule has 210 valence electrons. The number of benzene rings is 3. The van der Waals surface area contributed by atoms with E-state index in [0.29, 0.717) is 0 Å². The minimum absolute atomic E-state index is 0.285. The normalized spacial score (nSPS) is 12.4. The maximum absolute atomic E-state index is 12.8. The second kappa shape index (κ2) is 14.5. The van der Waals surface area contributed by atoms with Crippen LogP contribution >= 0.6 is 23.1 Å². The molecule has 1 aromatic heterocycles. The summed E-state index contributed by atoms with van der Waals surface area (Å²) in [6.07, 6.45) is 8.43. The van der Waals surface area contributed by atoms with Crippen LogP contribution in [0, 0.1) is 0 Å². The number of hydrogen-bond acceptors (Lipinski definition) is 7. The highest BCUT2D eigenvalue weighted by atomic mass is 32.2. The molecule has 0 aliphatic heterocycles. The molecule has 1 atom stereocenters. The van der Waals surface area contributed by atoms with Crippen LogP contribution in [0.1, 0.15) is 21.7 Å². The lowest BCUT2D eigenvalue weighted by Crippen LogP contribution is -2.43. The molecular formula is C33H33N3O3S2. The third-order valence-electron chi connectivity index (χ3n) is 6.36. The molecule has 0 fully saturated rings. The van der Waals surface area contributed by atoms with Crippen molar-refractivity contribution < 1.29 is 14.3 Å². The van der Waals surface area contributed by atoms with Gasteiger partial charge in [-0.2, -0.15) is 0 Å². The number of hydrogen-bond donors (Lipinski definition) is 1. The lowest BCUT2D eigenvalue weighted by Gasteiger charge is -2.36. The topological polar surface area (TPSA) is 71.5 Å². The summed E-state index contributed by atoms with van der Waals surface area (Å²) in [5.41, 5.74) is 3.21. The van der Waals surface area contributed by atoms with Crippen LogP contribution in [0.5, 0.6) is 0 Å². The monoisotopic (exact) mass is 583 g/mol. The lowest BCUT2D eigenvalue weighted by molar-refractivity contribution is -0.143. The van der Waals surface area contributed by atoms with Crippen molar-refractivity contribution in [2.75, 3.05) is 31.9 Å². The summed E-state index contributed by atoms with van der Waals surface area (Å²) in [5, 5.41) is 4.72. The van der Waals surface area contributed by atoms with Gasteiger partial charge in [-0.3, -0.25) is 4.79 Å². The largest absolute Gasteiger partial charge is 0.467 e. The van der Waals surface area contributed by atoms with E-state index in [1.54, 1.807) is 41.4 Å². The zero-order chi connectivity index (χ0) is 29.1. The molecule has 0 saturated heterocycles. The van der Waals surface area contributed by atoms with E-state index >= 15 is 0 Å². The van der Waals surface area contributed by atoms with Crippen molar-refractivity contribution in [3.63, 3.8) is 0 Å². The van der Waals surface area contributed by atoms with E-state index in [0.717, 1.165) is 26.7 Å². The number of thioether (sulfide) groups is 1. The van der Waals surface area contributed by atoms with Crippen molar-refractivity contribution >= 4 is 46.1 Å². The van der Waals surface area contributed by atoms with Crippen molar-refractivity contribution in [2.24, 2.45) is 0 Å². The fraction of sp³-hybridized carbons (Fsp3) is 0.182. The summed E-state index contributed by atoms with van der Waals surface area (Å²) in [5.74, 6) is -0.604. The zero-order valence-corrected chi connectivity index (χ0v) is 24.9. The Balaban J connectivity index is 1.57. The Kier molecular flexibility index (Phi) is 10.5. The first kappa shape index (κ1) is 29.8. The van der Waals surface area contributed by atoms with Crippen molar-refractivity contribution in [3.8, 4) is 0 Å². The first-order chi connectivity index (χ1) is 19.9. The van der Waals surface area contributed by atoms with Crippen LogP contribution in [0.2, 0.25) is 0 Å². The van der Waals surface area contributed by atoms with Crippen LogP contribution in [0.3, 0.4) is 0 Å². The van der Waals surface area contributed by atoms with Crippen molar-refractivity contribution in [2.45, 2.75) is 10.8 Å². The van der Waals surface area contributed by atoms with Gasteiger partial charge in [0.15, 0.2) is 0 Å². The Morgan fingerprint density at radius 2 is 1.46 bits per heavy atom. The van der Waals surface area contributed by atoms with Gasteiger partial charge in [0, 0.05) is 25.9 Å². The highest BCUT2D eigenvalue weighted by Gasteiger charge is 2.38. The maximum Gasteiger partial charge on any atom is 0.329 e. The van der Waals surface area contributed by atoms with Gasteiger partial charge in [0.05, 0.1) is 18.1 Å². The first-order valence-corrected chi connectivity index (χ1v) is 14.9. The second-order valence-electron chi connectivity index (χ2n) is 9.32. The van der Waals surface area contributed by atoms with Crippen LogP contribution in [-0.2, 0) is 19.1 Å². The number of esters is 1. The number of aromatic nitrogens is 1. The average molecular weight is 584 g/mol. The number of thiazole rings is 1. The van der Waals surface area contributed by atoms with E-state index in [2.05, 4.69) is 46.7 Å². The number of amides is 1. The Hall–Kier alpha value is -4.14. The third kappa shape index (κ3) is 7.54. The molecule has 0 radical (unpaired) electrons. The number of allylic oxidation sites excluding steroid dienone is 2. The molecule has 0 saturated carbocycles. The summed E-state index contributed by atoms with van der Waals surface area (Å²) in [4.78, 5) is 32.0. The SMILES string of the molecule is COC(=O)C(CSC(c1ccccc1)(c1ccccc1)c1ccccc1)NC(=O)/C=C/C=C/c1ncc(N(C)C)s1. The van der Waals surface area contributed by atoms with Gasteiger partial charge in [-0.1, -0.05) is 114 Å². The smallest absolute Gasteiger partial charge is 0.329 e. The van der Waals surface area contributed by atoms with Gasteiger partial charge in [-0.25, -0.2) is 9.78 Å². The Morgan fingerprint density at radius 1 is 0.927 bits per heavy atom. The molecular weight excluding hydrogens is 551 g/mol. The Bertz CT molecular complexity index is 1370. The fourth-order valence-corrected chi connectivity index (χ4v) is 6.65. The Labute approximate surface area is 249 Å². The maximum atomic E-state index is 12.8. The molecule has 0 spiro atoms. The molecule has 0 aliphatic carbocycles. The van der Waals surface area contributed by atoms with E-state index < -0.39 is 16.8 Å². The van der Waals surface area contributed by atoms with Gasteiger partial charge in [-0.15, -0.1) is 11.8 Å². The highest BCUT2D eigenvalue weighted by Crippen LogP contribution is 2.48. The molecule has 4 rings (SSSR count). The van der Waals surface area contributed by atoms with Crippen LogP contribution in [0.15, 0.2) is 115 Å².